The van der Waals surface area contributed by atoms with Gasteiger partial charge in [0.15, 0.2) is 0 Å². The predicted octanol–water partition coefficient (Wildman–Crippen LogP) is 1.94. The Labute approximate surface area is 111 Å². The van der Waals surface area contributed by atoms with Crippen molar-refractivity contribution in [2.45, 2.75) is 32.2 Å². The summed E-state index contributed by atoms with van der Waals surface area (Å²) >= 11 is 0. The molecule has 1 aromatic rings. The minimum absolute atomic E-state index is 0.668. The van der Waals surface area contributed by atoms with E-state index in [9.17, 15) is 0 Å². The van der Waals surface area contributed by atoms with Gasteiger partial charge in [0.05, 0.1) is 0 Å². The molecule has 2 unspecified atom stereocenters. The fraction of sp³-hybridized carbons (Fsp3) is 0.667. The largest absolute Gasteiger partial charge is 0.312 e. The Kier molecular flexibility index (Phi) is 5.14. The second kappa shape index (κ2) is 6.86. The van der Waals surface area contributed by atoms with Crippen LogP contribution in [0.1, 0.15) is 25.3 Å². The van der Waals surface area contributed by atoms with Crippen LogP contribution in [0.4, 0.5) is 0 Å². The highest BCUT2D eigenvalue weighted by Crippen LogP contribution is 2.16. The minimum atomic E-state index is 0.668. The normalized spacial score (nSPS) is 24.4. The summed E-state index contributed by atoms with van der Waals surface area (Å²) in [4.78, 5) is 6.50. The van der Waals surface area contributed by atoms with E-state index in [2.05, 4.69) is 41.3 Å². The molecule has 0 aromatic carbocycles. The zero-order valence-corrected chi connectivity index (χ0v) is 11.6. The summed E-state index contributed by atoms with van der Waals surface area (Å²) in [7, 11) is 2.23. The molecule has 2 atom stereocenters. The van der Waals surface area contributed by atoms with Gasteiger partial charge >= 0.3 is 0 Å². The first kappa shape index (κ1) is 13.5. The van der Waals surface area contributed by atoms with Crippen LogP contribution in [-0.2, 0) is 6.42 Å². The van der Waals surface area contributed by atoms with Crippen LogP contribution in [0.5, 0.6) is 0 Å². The molecular weight excluding hydrogens is 222 g/mol. The third kappa shape index (κ3) is 4.07. The standard InChI is InChI=1S/C15H25N3/c1-13-4-3-8-17-15(13)12-18(2)11-7-14-5-9-16-10-6-14/h5-6,9-10,13,15,17H,3-4,7-8,11-12H2,1-2H3. The van der Waals surface area contributed by atoms with Crippen LogP contribution < -0.4 is 5.32 Å². The number of rotatable bonds is 5. The summed E-state index contributed by atoms with van der Waals surface area (Å²) in [6, 6.07) is 4.88. The molecule has 1 aliphatic rings. The third-order valence-corrected chi connectivity index (χ3v) is 3.97. The number of nitrogens with one attached hydrogen (secondary N) is 1. The molecule has 1 saturated heterocycles. The number of hydrogen-bond acceptors (Lipinski definition) is 3. The minimum Gasteiger partial charge on any atom is -0.312 e. The summed E-state index contributed by atoms with van der Waals surface area (Å²) in [5.74, 6) is 0.808. The van der Waals surface area contributed by atoms with E-state index in [-0.39, 0.29) is 0 Å². The quantitative estimate of drug-likeness (QED) is 0.862. The zero-order chi connectivity index (χ0) is 12.8. The second-order valence-corrected chi connectivity index (χ2v) is 5.55. The van der Waals surface area contributed by atoms with Crippen molar-refractivity contribution in [3.05, 3.63) is 30.1 Å². The summed E-state index contributed by atoms with van der Waals surface area (Å²) in [5, 5.41) is 3.65. The number of pyridine rings is 1. The van der Waals surface area contributed by atoms with E-state index in [1.807, 2.05) is 12.4 Å². The molecule has 100 valence electrons. The van der Waals surface area contributed by atoms with Crippen molar-refractivity contribution in [1.29, 1.82) is 0 Å². The van der Waals surface area contributed by atoms with Crippen LogP contribution in [0, 0.1) is 5.92 Å². The Bertz CT molecular complexity index is 339. The molecule has 0 saturated carbocycles. The van der Waals surface area contributed by atoms with Crippen molar-refractivity contribution >= 4 is 0 Å². The van der Waals surface area contributed by atoms with Crippen LogP contribution >= 0.6 is 0 Å². The number of aromatic nitrogens is 1. The fourth-order valence-corrected chi connectivity index (χ4v) is 2.65. The van der Waals surface area contributed by atoms with E-state index in [0.29, 0.717) is 6.04 Å². The highest BCUT2D eigenvalue weighted by Gasteiger charge is 2.21. The Morgan fingerprint density at radius 1 is 1.39 bits per heavy atom. The van der Waals surface area contributed by atoms with Crippen molar-refractivity contribution in [2.24, 2.45) is 5.92 Å². The summed E-state index contributed by atoms with van der Waals surface area (Å²) in [5.41, 5.74) is 1.38. The average Bonchev–Trinajstić information content (AvgIpc) is 2.40. The fourth-order valence-electron chi connectivity index (χ4n) is 2.65. The van der Waals surface area contributed by atoms with E-state index in [1.165, 1.54) is 24.9 Å². The number of nitrogens with zero attached hydrogens (tertiary/aromatic N) is 2. The first-order chi connectivity index (χ1) is 8.75. The van der Waals surface area contributed by atoms with Gasteiger partial charge in [0, 0.05) is 31.5 Å². The van der Waals surface area contributed by atoms with Crippen LogP contribution in [0.3, 0.4) is 0 Å². The highest BCUT2D eigenvalue weighted by atomic mass is 15.1. The maximum absolute atomic E-state index is 4.05. The molecule has 1 aliphatic heterocycles. The van der Waals surface area contributed by atoms with Gasteiger partial charge in [-0.3, -0.25) is 4.98 Å². The van der Waals surface area contributed by atoms with Crippen LogP contribution in [0.2, 0.25) is 0 Å². The molecule has 3 heteroatoms. The number of likely N-dealkylation sites (N-methyl/N-ethyl adjacent to an activating group) is 1. The summed E-state index contributed by atoms with van der Waals surface area (Å²) in [6.45, 7) is 5.84. The lowest BCUT2D eigenvalue weighted by atomic mass is 9.92. The first-order valence-electron chi connectivity index (χ1n) is 7.06. The molecule has 2 rings (SSSR count). The van der Waals surface area contributed by atoms with Crippen molar-refractivity contribution in [3.63, 3.8) is 0 Å². The zero-order valence-electron chi connectivity index (χ0n) is 11.6. The van der Waals surface area contributed by atoms with E-state index >= 15 is 0 Å². The molecule has 1 aromatic heterocycles. The topological polar surface area (TPSA) is 28.2 Å². The lowest BCUT2D eigenvalue weighted by Gasteiger charge is -2.33. The smallest absolute Gasteiger partial charge is 0.0270 e. The maximum Gasteiger partial charge on any atom is 0.0270 e. The van der Waals surface area contributed by atoms with Crippen molar-refractivity contribution in [2.75, 3.05) is 26.7 Å². The molecule has 18 heavy (non-hydrogen) atoms. The average molecular weight is 247 g/mol. The van der Waals surface area contributed by atoms with Gasteiger partial charge in [-0.2, -0.15) is 0 Å². The molecule has 0 amide bonds. The number of piperidine rings is 1. The molecule has 2 heterocycles. The van der Waals surface area contributed by atoms with Crippen LogP contribution in [0.25, 0.3) is 0 Å². The molecule has 0 radical (unpaired) electrons. The maximum atomic E-state index is 4.05. The molecule has 0 aliphatic carbocycles. The van der Waals surface area contributed by atoms with Gasteiger partial charge < -0.3 is 10.2 Å². The number of hydrogen-bond donors (Lipinski definition) is 1. The SMILES string of the molecule is CC1CCCNC1CN(C)CCc1ccncc1. The van der Waals surface area contributed by atoms with E-state index < -0.39 is 0 Å². The molecule has 1 fully saturated rings. The Morgan fingerprint density at radius 2 is 2.17 bits per heavy atom. The highest BCUT2D eigenvalue weighted by molar-refractivity contribution is 5.09. The molecule has 1 N–H and O–H groups in total. The van der Waals surface area contributed by atoms with E-state index in [0.717, 1.165) is 25.4 Å². The van der Waals surface area contributed by atoms with E-state index in [1.54, 1.807) is 0 Å². The second-order valence-electron chi connectivity index (χ2n) is 5.55. The lowest BCUT2D eigenvalue weighted by Crippen LogP contribution is -2.47. The van der Waals surface area contributed by atoms with Crippen molar-refractivity contribution in [3.8, 4) is 0 Å². The van der Waals surface area contributed by atoms with Crippen molar-refractivity contribution in [1.82, 2.24) is 15.2 Å². The van der Waals surface area contributed by atoms with Crippen LogP contribution in [0.15, 0.2) is 24.5 Å². The molecule has 0 bridgehead atoms. The Balaban J connectivity index is 1.73. The van der Waals surface area contributed by atoms with Gasteiger partial charge in [0.1, 0.15) is 0 Å². The van der Waals surface area contributed by atoms with Gasteiger partial charge in [-0.05, 0) is 56.5 Å². The summed E-state index contributed by atoms with van der Waals surface area (Å²) < 4.78 is 0. The van der Waals surface area contributed by atoms with Gasteiger partial charge in [-0.1, -0.05) is 6.92 Å². The first-order valence-corrected chi connectivity index (χ1v) is 7.06. The third-order valence-electron chi connectivity index (χ3n) is 3.97. The predicted molar refractivity (Wildman–Crippen MR) is 75.6 cm³/mol. The monoisotopic (exact) mass is 247 g/mol. The lowest BCUT2D eigenvalue weighted by molar-refractivity contribution is 0.218. The summed E-state index contributed by atoms with van der Waals surface area (Å²) in [6.07, 6.45) is 7.56. The Hall–Kier alpha value is -0.930. The van der Waals surface area contributed by atoms with Gasteiger partial charge in [-0.25, -0.2) is 0 Å². The molecular formula is C15H25N3. The van der Waals surface area contributed by atoms with E-state index in [4.69, 9.17) is 0 Å². The van der Waals surface area contributed by atoms with Gasteiger partial charge in [0.2, 0.25) is 0 Å². The molecule has 0 spiro atoms. The van der Waals surface area contributed by atoms with Crippen LogP contribution in [-0.4, -0.2) is 42.6 Å². The molecule has 3 nitrogen and oxygen atoms in total. The van der Waals surface area contributed by atoms with Gasteiger partial charge in [-0.15, -0.1) is 0 Å². The van der Waals surface area contributed by atoms with Gasteiger partial charge in [0.25, 0.3) is 0 Å². The van der Waals surface area contributed by atoms with Crippen molar-refractivity contribution < 1.29 is 0 Å². The Morgan fingerprint density at radius 3 is 2.89 bits per heavy atom.